The molecule has 0 N–H and O–H groups in total. The van der Waals surface area contributed by atoms with Crippen molar-refractivity contribution in [3.05, 3.63) is 194 Å². The summed E-state index contributed by atoms with van der Waals surface area (Å²) in [7, 11) is 0. The third-order valence-electron chi connectivity index (χ3n) is 9.84. The Hall–Kier alpha value is -6.20. The minimum absolute atomic E-state index is 1.12. The van der Waals surface area contributed by atoms with Crippen molar-refractivity contribution in [2.75, 3.05) is 9.80 Å². The number of hydrogen-bond acceptors (Lipinski definition) is 4. The first-order valence-corrected chi connectivity index (χ1v) is 19.1. The molecule has 0 saturated carbocycles. The minimum atomic E-state index is 1.12. The van der Waals surface area contributed by atoms with Gasteiger partial charge in [0.05, 0.1) is 10.4 Å². The highest BCUT2D eigenvalue weighted by molar-refractivity contribution is 7.26. The van der Waals surface area contributed by atoms with Crippen molar-refractivity contribution < 1.29 is 0 Å². The second-order valence-corrected chi connectivity index (χ2v) is 15.1. The molecule has 2 heterocycles. The van der Waals surface area contributed by atoms with Gasteiger partial charge in [-0.1, -0.05) is 109 Å². The Balaban J connectivity index is 1.15. The third kappa shape index (κ3) is 5.32. The van der Waals surface area contributed by atoms with Crippen LogP contribution < -0.4 is 9.80 Å². The highest BCUT2D eigenvalue weighted by atomic mass is 32.1. The molecule has 0 spiro atoms. The summed E-state index contributed by atoms with van der Waals surface area (Å²) in [6.07, 6.45) is 0. The van der Waals surface area contributed by atoms with E-state index in [2.05, 4.69) is 204 Å². The van der Waals surface area contributed by atoms with E-state index in [1.807, 2.05) is 22.7 Å². The molecule has 246 valence electrons. The summed E-state index contributed by atoms with van der Waals surface area (Å²) in [5.41, 5.74) is 9.28. The fraction of sp³-hybridized carbons (Fsp3) is 0. The Morgan fingerprint density at radius 1 is 0.288 bits per heavy atom. The molecule has 0 aliphatic carbocycles. The maximum absolute atomic E-state index is 2.41. The van der Waals surface area contributed by atoms with Crippen LogP contribution in [-0.2, 0) is 0 Å². The fourth-order valence-corrected chi connectivity index (χ4v) is 9.68. The van der Waals surface area contributed by atoms with E-state index in [0.717, 1.165) is 28.4 Å². The fourth-order valence-electron chi connectivity index (χ4n) is 7.40. The number of hydrogen-bond donors (Lipinski definition) is 0. The van der Waals surface area contributed by atoms with E-state index in [-0.39, 0.29) is 0 Å². The van der Waals surface area contributed by atoms with Crippen LogP contribution in [0.2, 0.25) is 0 Å². The molecule has 2 aromatic heterocycles. The molecular weight excluding hydrogens is 669 g/mol. The predicted molar refractivity (Wildman–Crippen MR) is 227 cm³/mol. The zero-order chi connectivity index (χ0) is 34.4. The van der Waals surface area contributed by atoms with Crippen LogP contribution in [0.3, 0.4) is 0 Å². The van der Waals surface area contributed by atoms with Gasteiger partial charge in [0.1, 0.15) is 0 Å². The first-order valence-electron chi connectivity index (χ1n) is 17.5. The highest BCUT2D eigenvalue weighted by Gasteiger charge is 2.20. The average Bonchev–Trinajstić information content (AvgIpc) is 3.78. The van der Waals surface area contributed by atoms with Crippen LogP contribution >= 0.6 is 22.7 Å². The number of benzene rings is 8. The molecule has 52 heavy (non-hydrogen) atoms. The topological polar surface area (TPSA) is 6.48 Å². The summed E-state index contributed by atoms with van der Waals surface area (Å²) < 4.78 is 5.16. The first-order chi connectivity index (χ1) is 25.8. The highest BCUT2D eigenvalue weighted by Crippen LogP contribution is 2.47. The minimum Gasteiger partial charge on any atom is -0.310 e. The number of thiophene rings is 2. The second-order valence-electron chi connectivity index (χ2n) is 13.0. The molecule has 10 aromatic rings. The standard InChI is InChI=1S/C48H32N2S2/c1-4-13-33(14-5-1)34-23-25-37(26-24-34)49(38-27-29-46-42(31-38)40-19-10-11-22-45(40)51-46)39-28-30-47-43(32-39)41-20-12-21-44(48(41)52-47)50(35-15-6-2-7-16-35)36-17-8-3-9-18-36/h1-32H. The zero-order valence-corrected chi connectivity index (χ0v) is 29.8. The van der Waals surface area contributed by atoms with E-state index < -0.39 is 0 Å². The van der Waals surface area contributed by atoms with Gasteiger partial charge in [-0.25, -0.2) is 0 Å². The number of para-hydroxylation sites is 2. The van der Waals surface area contributed by atoms with E-state index in [1.54, 1.807) is 0 Å². The maximum atomic E-state index is 2.41. The van der Waals surface area contributed by atoms with Crippen molar-refractivity contribution >= 4 is 97.1 Å². The Morgan fingerprint density at radius 2 is 0.769 bits per heavy atom. The molecular formula is C48H32N2S2. The lowest BCUT2D eigenvalue weighted by molar-refractivity contribution is 1.30. The molecule has 0 bridgehead atoms. The quantitative estimate of drug-likeness (QED) is 0.163. The molecule has 4 heteroatoms. The van der Waals surface area contributed by atoms with Gasteiger partial charge < -0.3 is 9.80 Å². The number of rotatable bonds is 7. The summed E-state index contributed by atoms with van der Waals surface area (Å²) in [5.74, 6) is 0. The monoisotopic (exact) mass is 700 g/mol. The molecule has 2 nitrogen and oxygen atoms in total. The Bertz CT molecular complexity index is 2800. The van der Waals surface area contributed by atoms with E-state index in [9.17, 15) is 0 Å². The molecule has 0 aliphatic rings. The van der Waals surface area contributed by atoms with Crippen molar-refractivity contribution in [1.82, 2.24) is 0 Å². The van der Waals surface area contributed by atoms with Gasteiger partial charge in [-0.3, -0.25) is 0 Å². The normalized spacial score (nSPS) is 11.5. The van der Waals surface area contributed by atoms with Gasteiger partial charge in [0, 0.05) is 64.1 Å². The SMILES string of the molecule is c1ccc(-c2ccc(N(c3ccc4sc5ccccc5c4c3)c3ccc4sc5c(N(c6ccccc6)c6ccccc6)cccc5c4c3)cc2)cc1. The van der Waals surface area contributed by atoms with Gasteiger partial charge in [0.15, 0.2) is 0 Å². The van der Waals surface area contributed by atoms with E-state index in [4.69, 9.17) is 0 Å². The Morgan fingerprint density at radius 3 is 1.44 bits per heavy atom. The molecule has 0 saturated heterocycles. The lowest BCUT2D eigenvalue weighted by Gasteiger charge is -2.26. The largest absolute Gasteiger partial charge is 0.310 e. The van der Waals surface area contributed by atoms with Crippen molar-refractivity contribution in [1.29, 1.82) is 0 Å². The van der Waals surface area contributed by atoms with Crippen LogP contribution in [0, 0.1) is 0 Å². The Labute approximate surface area is 310 Å². The smallest absolute Gasteiger partial charge is 0.0640 e. The van der Waals surface area contributed by atoms with Crippen molar-refractivity contribution in [2.24, 2.45) is 0 Å². The van der Waals surface area contributed by atoms with Crippen LogP contribution in [0.5, 0.6) is 0 Å². The Kier molecular flexibility index (Phi) is 7.56. The van der Waals surface area contributed by atoms with Gasteiger partial charge in [-0.05, 0) is 96.1 Å². The van der Waals surface area contributed by atoms with Gasteiger partial charge in [-0.2, -0.15) is 0 Å². The zero-order valence-electron chi connectivity index (χ0n) is 28.2. The van der Waals surface area contributed by atoms with Crippen LogP contribution in [0.25, 0.3) is 51.5 Å². The van der Waals surface area contributed by atoms with Gasteiger partial charge in [0.25, 0.3) is 0 Å². The van der Waals surface area contributed by atoms with Crippen molar-refractivity contribution in [3.8, 4) is 11.1 Å². The van der Waals surface area contributed by atoms with Crippen molar-refractivity contribution in [2.45, 2.75) is 0 Å². The molecule has 0 unspecified atom stereocenters. The van der Waals surface area contributed by atoms with Crippen molar-refractivity contribution in [3.63, 3.8) is 0 Å². The number of fused-ring (bicyclic) bond motifs is 6. The van der Waals surface area contributed by atoms with Crippen LogP contribution in [0.1, 0.15) is 0 Å². The molecule has 0 radical (unpaired) electrons. The van der Waals surface area contributed by atoms with Crippen LogP contribution in [0.4, 0.5) is 34.1 Å². The molecule has 0 atom stereocenters. The number of anilines is 6. The second kappa shape index (κ2) is 12.8. The predicted octanol–water partition coefficient (Wildman–Crippen LogP) is 15.0. The van der Waals surface area contributed by atoms with E-state index >= 15 is 0 Å². The maximum Gasteiger partial charge on any atom is 0.0640 e. The summed E-state index contributed by atoms with van der Waals surface area (Å²) >= 11 is 3.72. The lowest BCUT2D eigenvalue weighted by atomic mass is 10.0. The summed E-state index contributed by atoms with van der Waals surface area (Å²) in [5, 5.41) is 5.11. The van der Waals surface area contributed by atoms with Gasteiger partial charge >= 0.3 is 0 Å². The van der Waals surface area contributed by atoms with E-state index in [0.29, 0.717) is 0 Å². The summed E-state index contributed by atoms with van der Waals surface area (Å²) in [6.45, 7) is 0. The van der Waals surface area contributed by atoms with Gasteiger partial charge in [0.2, 0.25) is 0 Å². The number of nitrogens with zero attached hydrogens (tertiary/aromatic N) is 2. The lowest BCUT2D eigenvalue weighted by Crippen LogP contribution is -2.10. The van der Waals surface area contributed by atoms with E-state index in [1.165, 1.54) is 57.2 Å². The molecule has 0 fully saturated rings. The summed E-state index contributed by atoms with van der Waals surface area (Å²) in [4.78, 5) is 4.79. The summed E-state index contributed by atoms with van der Waals surface area (Å²) in [6, 6.07) is 70.3. The van der Waals surface area contributed by atoms with Crippen LogP contribution in [-0.4, -0.2) is 0 Å². The van der Waals surface area contributed by atoms with Crippen LogP contribution in [0.15, 0.2) is 194 Å². The average molecular weight is 701 g/mol. The first kappa shape index (κ1) is 30.6. The third-order valence-corrected chi connectivity index (χ3v) is 12.2. The molecule has 0 aliphatic heterocycles. The van der Waals surface area contributed by atoms with Gasteiger partial charge in [-0.15, -0.1) is 22.7 Å². The molecule has 0 amide bonds. The molecule has 8 aromatic carbocycles. The molecule has 10 rings (SSSR count).